The van der Waals surface area contributed by atoms with Gasteiger partial charge in [0.25, 0.3) is 5.91 Å². The summed E-state index contributed by atoms with van der Waals surface area (Å²) in [5.74, 6) is 0.397. The van der Waals surface area contributed by atoms with Gasteiger partial charge in [0.2, 0.25) is 0 Å². The van der Waals surface area contributed by atoms with Crippen molar-refractivity contribution >= 4 is 18.3 Å². The first-order valence-electron chi connectivity index (χ1n) is 5.74. The normalized spacial score (nSPS) is 21.5. The highest BCUT2D eigenvalue weighted by atomic mass is 35.5. The van der Waals surface area contributed by atoms with E-state index in [4.69, 9.17) is 15.2 Å². The van der Waals surface area contributed by atoms with Crippen LogP contribution in [0.5, 0.6) is 0 Å². The minimum absolute atomic E-state index is 0. The number of hydrogen-bond acceptors (Lipinski definition) is 4. The van der Waals surface area contributed by atoms with Gasteiger partial charge in [-0.15, -0.1) is 12.4 Å². The highest BCUT2D eigenvalue weighted by Gasteiger charge is 2.23. The maximum Gasteiger partial charge on any atom is 0.252 e. The van der Waals surface area contributed by atoms with E-state index in [9.17, 15) is 4.79 Å². The number of carbonyl (C=O) groups excluding carboxylic acids is 1. The molecule has 0 aromatic heterocycles. The van der Waals surface area contributed by atoms with Crippen molar-refractivity contribution in [1.29, 1.82) is 0 Å². The number of rotatable bonds is 5. The Morgan fingerprint density at radius 1 is 1.65 bits per heavy atom. The van der Waals surface area contributed by atoms with Crippen molar-refractivity contribution in [2.24, 2.45) is 11.7 Å². The Balaban J connectivity index is 0.00000256. The lowest BCUT2D eigenvalue weighted by Gasteiger charge is -2.28. The highest BCUT2D eigenvalue weighted by Crippen LogP contribution is 2.14. The van der Waals surface area contributed by atoms with Crippen LogP contribution in [0.3, 0.4) is 0 Å². The van der Waals surface area contributed by atoms with E-state index in [1.165, 1.54) is 7.11 Å². The van der Waals surface area contributed by atoms with Gasteiger partial charge in [-0.05, 0) is 18.8 Å². The summed E-state index contributed by atoms with van der Waals surface area (Å²) in [5, 5.41) is 0. The summed E-state index contributed by atoms with van der Waals surface area (Å²) in [6, 6.07) is 0. The summed E-state index contributed by atoms with van der Waals surface area (Å²) in [4.78, 5) is 13.6. The zero-order valence-corrected chi connectivity index (χ0v) is 11.4. The SMILES string of the molecule is COC(CN)C(=O)N(C)CC1CCCOC1.Cl. The van der Waals surface area contributed by atoms with Crippen molar-refractivity contribution in [3.05, 3.63) is 0 Å². The fourth-order valence-corrected chi connectivity index (χ4v) is 1.97. The van der Waals surface area contributed by atoms with E-state index in [1.807, 2.05) is 0 Å². The second-order valence-corrected chi connectivity index (χ2v) is 4.26. The van der Waals surface area contributed by atoms with Crippen LogP contribution < -0.4 is 5.73 Å². The van der Waals surface area contributed by atoms with E-state index in [0.29, 0.717) is 5.92 Å². The molecule has 1 rings (SSSR count). The molecule has 0 saturated carbocycles. The predicted octanol–water partition coefficient (Wildman–Crippen LogP) is 0.267. The van der Waals surface area contributed by atoms with E-state index in [2.05, 4.69) is 0 Å². The fourth-order valence-electron chi connectivity index (χ4n) is 1.97. The molecule has 1 amide bonds. The van der Waals surface area contributed by atoms with Gasteiger partial charge in [0, 0.05) is 33.9 Å². The molecule has 1 saturated heterocycles. The monoisotopic (exact) mass is 266 g/mol. The molecule has 1 aliphatic heterocycles. The van der Waals surface area contributed by atoms with E-state index < -0.39 is 6.10 Å². The van der Waals surface area contributed by atoms with Gasteiger partial charge >= 0.3 is 0 Å². The van der Waals surface area contributed by atoms with Gasteiger partial charge in [0.05, 0.1) is 6.61 Å². The molecule has 102 valence electrons. The van der Waals surface area contributed by atoms with Gasteiger partial charge in [-0.3, -0.25) is 4.79 Å². The van der Waals surface area contributed by atoms with E-state index in [0.717, 1.165) is 32.6 Å². The Morgan fingerprint density at radius 2 is 2.35 bits per heavy atom. The molecule has 2 N–H and O–H groups in total. The largest absolute Gasteiger partial charge is 0.381 e. The minimum atomic E-state index is -0.519. The molecule has 1 fully saturated rings. The van der Waals surface area contributed by atoms with Crippen LogP contribution in [-0.2, 0) is 14.3 Å². The van der Waals surface area contributed by atoms with Crippen molar-refractivity contribution in [2.75, 3.05) is 40.5 Å². The third-order valence-electron chi connectivity index (χ3n) is 2.94. The van der Waals surface area contributed by atoms with Gasteiger partial charge in [0.1, 0.15) is 6.10 Å². The Kier molecular flexibility index (Phi) is 8.51. The van der Waals surface area contributed by atoms with Crippen LogP contribution in [-0.4, -0.2) is 57.4 Å². The van der Waals surface area contributed by atoms with Gasteiger partial charge in [-0.2, -0.15) is 0 Å². The van der Waals surface area contributed by atoms with Gasteiger partial charge in [0.15, 0.2) is 0 Å². The number of amides is 1. The third-order valence-corrected chi connectivity index (χ3v) is 2.94. The molecule has 17 heavy (non-hydrogen) atoms. The number of ether oxygens (including phenoxy) is 2. The highest BCUT2D eigenvalue weighted by molar-refractivity contribution is 5.85. The predicted molar refractivity (Wildman–Crippen MR) is 68.3 cm³/mol. The van der Waals surface area contributed by atoms with Crippen LogP contribution >= 0.6 is 12.4 Å². The van der Waals surface area contributed by atoms with Gasteiger partial charge < -0.3 is 20.1 Å². The number of carbonyl (C=O) groups is 1. The molecule has 5 nitrogen and oxygen atoms in total. The summed E-state index contributed by atoms with van der Waals surface area (Å²) < 4.78 is 10.4. The summed E-state index contributed by atoms with van der Waals surface area (Å²) >= 11 is 0. The summed E-state index contributed by atoms with van der Waals surface area (Å²) in [7, 11) is 3.30. The zero-order chi connectivity index (χ0) is 12.0. The maximum absolute atomic E-state index is 11.9. The molecule has 0 aliphatic carbocycles. The van der Waals surface area contributed by atoms with Crippen LogP contribution in [0, 0.1) is 5.92 Å². The van der Waals surface area contributed by atoms with Crippen LogP contribution in [0.25, 0.3) is 0 Å². The number of likely N-dealkylation sites (N-methyl/N-ethyl adjacent to an activating group) is 1. The number of halogens is 1. The van der Waals surface area contributed by atoms with Gasteiger partial charge in [-0.25, -0.2) is 0 Å². The smallest absolute Gasteiger partial charge is 0.252 e. The first-order valence-corrected chi connectivity index (χ1v) is 5.74. The van der Waals surface area contributed by atoms with Crippen molar-refractivity contribution in [3.8, 4) is 0 Å². The Bertz CT molecular complexity index is 219. The average molecular weight is 267 g/mol. The topological polar surface area (TPSA) is 64.8 Å². The van der Waals surface area contributed by atoms with Crippen molar-refractivity contribution < 1.29 is 14.3 Å². The lowest BCUT2D eigenvalue weighted by atomic mass is 10.0. The molecule has 2 atom stereocenters. The van der Waals surface area contributed by atoms with Crippen LogP contribution in [0.2, 0.25) is 0 Å². The maximum atomic E-state index is 11.9. The second kappa shape index (κ2) is 8.69. The molecule has 6 heteroatoms. The average Bonchev–Trinajstić information content (AvgIpc) is 2.31. The Labute approximate surface area is 109 Å². The number of nitrogens with zero attached hydrogens (tertiary/aromatic N) is 1. The summed E-state index contributed by atoms with van der Waals surface area (Å²) in [6.45, 7) is 2.54. The van der Waals surface area contributed by atoms with Crippen molar-refractivity contribution in [2.45, 2.75) is 18.9 Å². The molecular formula is C11H23ClN2O3. The first-order chi connectivity index (χ1) is 7.69. The summed E-state index contributed by atoms with van der Waals surface area (Å²) in [6.07, 6.45) is 1.68. The lowest BCUT2D eigenvalue weighted by Crippen LogP contribution is -2.44. The standard InChI is InChI=1S/C11H22N2O3.ClH/c1-13(11(14)10(6-12)15-2)7-9-4-3-5-16-8-9;/h9-10H,3-8,12H2,1-2H3;1H. The molecular weight excluding hydrogens is 244 g/mol. The van der Waals surface area contributed by atoms with Crippen molar-refractivity contribution in [1.82, 2.24) is 4.90 Å². The Morgan fingerprint density at radius 3 is 2.82 bits per heavy atom. The fraction of sp³-hybridized carbons (Fsp3) is 0.909. The molecule has 1 aliphatic rings. The zero-order valence-electron chi connectivity index (χ0n) is 10.6. The van der Waals surface area contributed by atoms with Crippen LogP contribution in [0.15, 0.2) is 0 Å². The molecule has 1 heterocycles. The Hall–Kier alpha value is -0.360. The first kappa shape index (κ1) is 16.6. The second-order valence-electron chi connectivity index (χ2n) is 4.26. The van der Waals surface area contributed by atoms with Crippen LogP contribution in [0.1, 0.15) is 12.8 Å². The molecule has 0 aromatic rings. The quantitative estimate of drug-likeness (QED) is 0.776. The minimum Gasteiger partial charge on any atom is -0.381 e. The van der Waals surface area contributed by atoms with E-state index in [1.54, 1.807) is 11.9 Å². The molecule has 0 spiro atoms. The lowest BCUT2D eigenvalue weighted by molar-refractivity contribution is -0.141. The number of nitrogens with two attached hydrogens (primary N) is 1. The number of methoxy groups -OCH3 is 1. The van der Waals surface area contributed by atoms with E-state index in [-0.39, 0.29) is 24.9 Å². The van der Waals surface area contributed by atoms with E-state index >= 15 is 0 Å². The third kappa shape index (κ3) is 5.21. The molecule has 2 unspecified atom stereocenters. The molecule has 0 radical (unpaired) electrons. The van der Waals surface area contributed by atoms with Crippen molar-refractivity contribution in [3.63, 3.8) is 0 Å². The molecule has 0 aromatic carbocycles. The van der Waals surface area contributed by atoms with Crippen LogP contribution in [0.4, 0.5) is 0 Å². The number of hydrogen-bond donors (Lipinski definition) is 1. The molecule has 0 bridgehead atoms. The van der Waals surface area contributed by atoms with Gasteiger partial charge in [-0.1, -0.05) is 0 Å². The summed E-state index contributed by atoms with van der Waals surface area (Å²) in [5.41, 5.74) is 5.46.